The van der Waals surface area contributed by atoms with Gasteiger partial charge >= 0.3 is 11.9 Å². The summed E-state index contributed by atoms with van der Waals surface area (Å²) in [5.41, 5.74) is -0.774. The molecule has 1 aromatic rings. The van der Waals surface area contributed by atoms with Gasteiger partial charge in [0.2, 0.25) is 11.7 Å². The third-order valence-corrected chi connectivity index (χ3v) is 3.97. The Morgan fingerprint density at radius 3 is 2.54 bits per heavy atom. The van der Waals surface area contributed by atoms with E-state index in [0.717, 1.165) is 11.7 Å². The molecule has 1 saturated heterocycles. The van der Waals surface area contributed by atoms with Crippen LogP contribution in [0.5, 0.6) is 0 Å². The number of halogens is 3. The quantitative estimate of drug-likeness (QED) is 0.789. The summed E-state index contributed by atoms with van der Waals surface area (Å²) in [7, 11) is 1.06. The summed E-state index contributed by atoms with van der Waals surface area (Å²) in [6.07, 6.45) is -2.16. The number of hydrogen-bond acceptors (Lipinski definition) is 4. The standard InChI is InChI=1S/C14H20F3N5O2/c1-3-6-18-11(23)9-21-7-4-10(5-8-21)22-13(24)20(2)12(19-22)14(15,16)17/h3,10H,1,4-9H2,2H3,(H,18,23). The van der Waals surface area contributed by atoms with Gasteiger partial charge in [-0.05, 0) is 12.8 Å². The topological polar surface area (TPSA) is 72.2 Å². The number of carbonyl (C=O) groups excluding carboxylic acids is 1. The maximum atomic E-state index is 12.8. The van der Waals surface area contributed by atoms with Gasteiger partial charge < -0.3 is 5.32 Å². The molecule has 134 valence electrons. The molecule has 0 saturated carbocycles. The Balaban J connectivity index is 1.99. The molecule has 1 aromatic heterocycles. The Kier molecular flexibility index (Phi) is 5.47. The minimum absolute atomic E-state index is 0.136. The molecule has 0 radical (unpaired) electrons. The predicted octanol–water partition coefficient (Wildman–Crippen LogP) is 0.540. The normalized spacial score (nSPS) is 17.0. The molecule has 0 aromatic carbocycles. The highest BCUT2D eigenvalue weighted by Crippen LogP contribution is 2.27. The van der Waals surface area contributed by atoms with Crippen molar-refractivity contribution in [2.45, 2.75) is 25.1 Å². The molecule has 1 aliphatic rings. The van der Waals surface area contributed by atoms with E-state index < -0.39 is 23.7 Å². The van der Waals surface area contributed by atoms with Crippen LogP contribution in [0.25, 0.3) is 0 Å². The third kappa shape index (κ3) is 4.05. The Morgan fingerprint density at radius 1 is 1.42 bits per heavy atom. The van der Waals surface area contributed by atoms with E-state index in [0.29, 0.717) is 37.0 Å². The van der Waals surface area contributed by atoms with Crippen molar-refractivity contribution in [2.75, 3.05) is 26.2 Å². The van der Waals surface area contributed by atoms with Crippen LogP contribution in [0, 0.1) is 0 Å². The average molecular weight is 347 g/mol. The van der Waals surface area contributed by atoms with Crippen LogP contribution in [-0.2, 0) is 18.0 Å². The number of rotatable bonds is 5. The van der Waals surface area contributed by atoms with E-state index in [1.54, 1.807) is 6.08 Å². The van der Waals surface area contributed by atoms with E-state index in [1.165, 1.54) is 0 Å². The van der Waals surface area contributed by atoms with Crippen molar-refractivity contribution in [1.82, 2.24) is 24.6 Å². The van der Waals surface area contributed by atoms with Crippen LogP contribution in [0.2, 0.25) is 0 Å². The van der Waals surface area contributed by atoms with Crippen LogP contribution in [0.3, 0.4) is 0 Å². The number of hydrogen-bond donors (Lipinski definition) is 1. The smallest absolute Gasteiger partial charge is 0.352 e. The fourth-order valence-corrected chi connectivity index (χ4v) is 2.71. The summed E-state index contributed by atoms with van der Waals surface area (Å²) in [4.78, 5) is 25.5. The molecular weight excluding hydrogens is 327 g/mol. The van der Waals surface area contributed by atoms with E-state index in [2.05, 4.69) is 17.0 Å². The third-order valence-electron chi connectivity index (χ3n) is 3.97. The van der Waals surface area contributed by atoms with E-state index >= 15 is 0 Å². The summed E-state index contributed by atoms with van der Waals surface area (Å²) in [5.74, 6) is -1.33. The number of nitrogens with zero attached hydrogens (tertiary/aromatic N) is 4. The lowest BCUT2D eigenvalue weighted by molar-refractivity contribution is -0.147. The molecule has 2 rings (SSSR count). The lowest BCUT2D eigenvalue weighted by atomic mass is 10.1. The maximum absolute atomic E-state index is 12.8. The highest BCUT2D eigenvalue weighted by Gasteiger charge is 2.39. The minimum atomic E-state index is -4.66. The number of likely N-dealkylation sites (tertiary alicyclic amines) is 1. The first kappa shape index (κ1) is 18.2. The maximum Gasteiger partial charge on any atom is 0.451 e. The van der Waals surface area contributed by atoms with Crippen molar-refractivity contribution in [3.8, 4) is 0 Å². The van der Waals surface area contributed by atoms with Gasteiger partial charge in [-0.3, -0.25) is 14.3 Å². The van der Waals surface area contributed by atoms with Crippen molar-refractivity contribution >= 4 is 5.91 Å². The van der Waals surface area contributed by atoms with Gasteiger partial charge in [0.1, 0.15) is 0 Å². The van der Waals surface area contributed by atoms with Gasteiger partial charge in [-0.2, -0.15) is 13.2 Å². The highest BCUT2D eigenvalue weighted by molar-refractivity contribution is 5.78. The summed E-state index contributed by atoms with van der Waals surface area (Å²) in [5, 5.41) is 6.13. The Bertz CT molecular complexity index is 656. The molecule has 7 nitrogen and oxygen atoms in total. The predicted molar refractivity (Wildman–Crippen MR) is 80.4 cm³/mol. The van der Waals surface area contributed by atoms with Crippen LogP contribution >= 0.6 is 0 Å². The first-order valence-corrected chi connectivity index (χ1v) is 7.56. The first-order chi connectivity index (χ1) is 11.2. The molecule has 2 heterocycles. The highest BCUT2D eigenvalue weighted by atomic mass is 19.4. The lowest BCUT2D eigenvalue weighted by Gasteiger charge is -2.30. The summed E-state index contributed by atoms with van der Waals surface area (Å²) < 4.78 is 39.9. The molecule has 0 aliphatic carbocycles. The van der Waals surface area contributed by atoms with Gasteiger partial charge in [-0.25, -0.2) is 9.48 Å². The Hall–Kier alpha value is -2.10. The van der Waals surface area contributed by atoms with Crippen LogP contribution < -0.4 is 11.0 Å². The van der Waals surface area contributed by atoms with Crippen molar-refractivity contribution in [3.05, 3.63) is 29.0 Å². The number of amides is 1. The largest absolute Gasteiger partial charge is 0.451 e. The van der Waals surface area contributed by atoms with E-state index in [4.69, 9.17) is 0 Å². The first-order valence-electron chi connectivity index (χ1n) is 7.56. The van der Waals surface area contributed by atoms with Crippen LogP contribution in [0.4, 0.5) is 13.2 Å². The molecule has 1 aliphatic heterocycles. The van der Waals surface area contributed by atoms with Crippen molar-refractivity contribution in [2.24, 2.45) is 7.05 Å². The average Bonchev–Trinajstić information content (AvgIpc) is 2.82. The van der Waals surface area contributed by atoms with E-state index in [-0.39, 0.29) is 12.5 Å². The molecule has 0 atom stereocenters. The fraction of sp³-hybridized carbons (Fsp3) is 0.643. The second-order valence-corrected chi connectivity index (χ2v) is 5.71. The van der Waals surface area contributed by atoms with Crippen molar-refractivity contribution in [3.63, 3.8) is 0 Å². The molecule has 10 heteroatoms. The summed E-state index contributed by atoms with van der Waals surface area (Å²) in [6, 6.07) is -0.396. The van der Waals surface area contributed by atoms with Gasteiger partial charge in [-0.1, -0.05) is 6.08 Å². The lowest BCUT2D eigenvalue weighted by Crippen LogP contribution is -2.43. The van der Waals surface area contributed by atoms with Crippen molar-refractivity contribution in [1.29, 1.82) is 0 Å². The summed E-state index contributed by atoms with van der Waals surface area (Å²) in [6.45, 7) is 5.13. The molecular formula is C14H20F3N5O2. The Morgan fingerprint density at radius 2 is 2.04 bits per heavy atom. The molecule has 0 unspecified atom stereocenters. The van der Waals surface area contributed by atoms with Crippen molar-refractivity contribution < 1.29 is 18.0 Å². The van der Waals surface area contributed by atoms with Gasteiger partial charge in [0.15, 0.2) is 0 Å². The van der Waals surface area contributed by atoms with Gasteiger partial charge in [0, 0.05) is 26.7 Å². The van der Waals surface area contributed by atoms with E-state index in [9.17, 15) is 22.8 Å². The number of nitrogens with one attached hydrogen (secondary N) is 1. The Labute approximate surface area is 136 Å². The fourth-order valence-electron chi connectivity index (χ4n) is 2.71. The van der Waals surface area contributed by atoms with E-state index in [1.807, 2.05) is 4.90 Å². The van der Waals surface area contributed by atoms with Gasteiger partial charge in [-0.15, -0.1) is 11.7 Å². The number of piperidine rings is 1. The molecule has 0 bridgehead atoms. The second-order valence-electron chi connectivity index (χ2n) is 5.71. The minimum Gasteiger partial charge on any atom is -0.352 e. The molecule has 24 heavy (non-hydrogen) atoms. The number of aromatic nitrogens is 3. The number of carbonyl (C=O) groups is 1. The molecule has 0 spiro atoms. The zero-order valence-corrected chi connectivity index (χ0v) is 13.3. The summed E-state index contributed by atoms with van der Waals surface area (Å²) >= 11 is 0. The van der Waals surface area contributed by atoms with Gasteiger partial charge in [0.05, 0.1) is 12.6 Å². The zero-order valence-electron chi connectivity index (χ0n) is 13.3. The number of alkyl halides is 3. The molecule has 1 fully saturated rings. The van der Waals surface area contributed by atoms with Crippen LogP contribution in [-0.4, -0.2) is 51.3 Å². The van der Waals surface area contributed by atoms with Gasteiger partial charge in [0.25, 0.3) is 0 Å². The molecule has 1 amide bonds. The second kappa shape index (κ2) is 7.20. The SMILES string of the molecule is C=CCNC(=O)CN1CCC(n2nc(C(F)(F)F)n(C)c2=O)CC1. The zero-order chi connectivity index (χ0) is 17.9. The van der Waals surface area contributed by atoms with Crippen LogP contribution in [0.1, 0.15) is 24.7 Å². The molecule has 1 N–H and O–H groups in total. The van der Waals surface area contributed by atoms with Crippen LogP contribution in [0.15, 0.2) is 17.4 Å². The monoisotopic (exact) mass is 347 g/mol.